The molecule has 0 radical (unpaired) electrons. The van der Waals surface area contributed by atoms with E-state index in [1.54, 1.807) is 0 Å². The van der Waals surface area contributed by atoms with Crippen LogP contribution < -0.4 is 0 Å². The van der Waals surface area contributed by atoms with E-state index in [0.29, 0.717) is 6.08 Å². The first-order valence-corrected chi connectivity index (χ1v) is 7.99. The van der Waals surface area contributed by atoms with Crippen LogP contribution in [0, 0.1) is 0 Å². The second-order valence-electron chi connectivity index (χ2n) is 2.65. The maximum atomic E-state index is 13.6. The van der Waals surface area contributed by atoms with Crippen molar-refractivity contribution in [3.63, 3.8) is 0 Å². The quantitative estimate of drug-likeness (QED) is 0.477. The van der Waals surface area contributed by atoms with E-state index in [1.807, 2.05) is 0 Å². The zero-order valence-corrected chi connectivity index (χ0v) is 12.9. The molecule has 0 aromatic rings. The zero-order valence-electron chi connectivity index (χ0n) is 8.88. The monoisotopic (exact) mass is 384 g/mol. The number of hydrogen-bond acceptors (Lipinski definition) is 3. The van der Waals surface area contributed by atoms with E-state index < -0.39 is 13.3 Å². The predicted octanol–water partition coefficient (Wildman–Crippen LogP) is 4.52. The van der Waals surface area contributed by atoms with Gasteiger partial charge in [0, 0.05) is 15.9 Å². The van der Waals surface area contributed by atoms with Crippen molar-refractivity contribution >= 4 is 39.5 Å². The lowest BCUT2D eigenvalue weighted by molar-refractivity contribution is 0.0791. The molecule has 0 aromatic heterocycles. The Morgan fingerprint density at radius 1 is 1.38 bits per heavy atom. The molecule has 0 atom stereocenters. The van der Waals surface area contributed by atoms with E-state index in [1.165, 1.54) is 13.8 Å². The minimum atomic E-state index is -4.45. The molecule has 8 heteroatoms. The lowest BCUT2D eigenvalue weighted by Crippen LogP contribution is -2.18. The van der Waals surface area contributed by atoms with Gasteiger partial charge in [-0.1, -0.05) is 31.9 Å². The van der Waals surface area contributed by atoms with Crippen LogP contribution in [0.4, 0.5) is 8.78 Å². The molecule has 0 bridgehead atoms. The van der Waals surface area contributed by atoms with Crippen molar-refractivity contribution in [3.05, 3.63) is 10.6 Å². The van der Waals surface area contributed by atoms with Crippen LogP contribution in [0.2, 0.25) is 0 Å². The highest BCUT2D eigenvalue weighted by Gasteiger charge is 2.51. The van der Waals surface area contributed by atoms with Crippen LogP contribution in [-0.4, -0.2) is 24.2 Å². The fourth-order valence-electron chi connectivity index (χ4n) is 0.855. The summed E-state index contributed by atoms with van der Waals surface area (Å²) < 4.78 is 48.4. The molecule has 96 valence electrons. The molecule has 0 amide bonds. The van der Waals surface area contributed by atoms with Crippen molar-refractivity contribution in [3.8, 4) is 0 Å². The third kappa shape index (κ3) is 4.53. The van der Waals surface area contributed by atoms with Gasteiger partial charge in [-0.2, -0.15) is 8.78 Å². The average Bonchev–Trinajstić information content (AvgIpc) is 2.17. The summed E-state index contributed by atoms with van der Waals surface area (Å²) in [7, 11) is -4.45. The molecule has 0 N–H and O–H groups in total. The van der Waals surface area contributed by atoms with Crippen LogP contribution in [0.5, 0.6) is 0 Å². The highest BCUT2D eigenvalue weighted by molar-refractivity contribution is 9.13. The second-order valence-corrected chi connectivity index (χ2v) is 6.33. The van der Waals surface area contributed by atoms with Gasteiger partial charge in [-0.3, -0.25) is 4.57 Å². The Kier molecular flexibility index (Phi) is 7.53. The molecule has 0 rings (SSSR count). The number of allylic oxidation sites excluding steroid dienone is 2. The molecule has 0 saturated heterocycles. The van der Waals surface area contributed by atoms with E-state index in [9.17, 15) is 13.3 Å². The van der Waals surface area contributed by atoms with Gasteiger partial charge >= 0.3 is 13.3 Å². The fourth-order valence-corrected chi connectivity index (χ4v) is 2.89. The molecule has 0 fully saturated rings. The summed E-state index contributed by atoms with van der Waals surface area (Å²) in [4.78, 5) is 0. The second kappa shape index (κ2) is 7.21. The number of hydrogen-bond donors (Lipinski definition) is 0. The SMILES string of the molecule is CCOP(=O)(OCC)C(F)(F)/C=C(\Br)CBr. The van der Waals surface area contributed by atoms with Crippen molar-refractivity contribution in [1.82, 2.24) is 0 Å². The van der Waals surface area contributed by atoms with Gasteiger partial charge in [0.25, 0.3) is 0 Å². The van der Waals surface area contributed by atoms with E-state index in [2.05, 4.69) is 40.9 Å². The molecule has 0 aliphatic heterocycles. The van der Waals surface area contributed by atoms with E-state index >= 15 is 0 Å². The topological polar surface area (TPSA) is 35.5 Å². The first-order valence-electron chi connectivity index (χ1n) is 4.53. The maximum absolute atomic E-state index is 13.6. The third-order valence-electron chi connectivity index (χ3n) is 1.42. The van der Waals surface area contributed by atoms with E-state index in [0.717, 1.165) is 0 Å². The first-order chi connectivity index (χ1) is 7.33. The zero-order chi connectivity index (χ0) is 12.8. The number of alkyl halides is 3. The van der Waals surface area contributed by atoms with Gasteiger partial charge in [-0.25, -0.2) is 0 Å². The molecule has 16 heavy (non-hydrogen) atoms. The molecule has 0 aliphatic carbocycles. The van der Waals surface area contributed by atoms with Crippen molar-refractivity contribution < 1.29 is 22.4 Å². The average molecular weight is 386 g/mol. The molecule has 3 nitrogen and oxygen atoms in total. The van der Waals surface area contributed by atoms with Crippen LogP contribution in [0.25, 0.3) is 0 Å². The minimum Gasteiger partial charge on any atom is -0.304 e. The third-order valence-corrected chi connectivity index (χ3v) is 5.34. The lowest BCUT2D eigenvalue weighted by Gasteiger charge is -2.23. The summed E-state index contributed by atoms with van der Waals surface area (Å²) in [6.07, 6.45) is 0.536. The van der Waals surface area contributed by atoms with Crippen LogP contribution in [-0.2, 0) is 13.6 Å². The van der Waals surface area contributed by atoms with Gasteiger partial charge in [0.1, 0.15) is 0 Å². The molecule has 0 saturated carbocycles. The Bertz CT molecular complexity index is 287. The molecule has 0 spiro atoms. The fraction of sp³-hybridized carbons (Fsp3) is 0.750. The Labute approximate surface area is 110 Å². The number of halogens is 4. The molecule has 0 unspecified atom stereocenters. The number of rotatable bonds is 7. The Balaban J connectivity index is 5.11. The smallest absolute Gasteiger partial charge is 0.304 e. The molecular weight excluding hydrogens is 373 g/mol. The highest BCUT2D eigenvalue weighted by atomic mass is 79.9. The largest absolute Gasteiger partial charge is 0.403 e. The maximum Gasteiger partial charge on any atom is 0.403 e. The molecule has 0 aliphatic rings. The normalized spacial score (nSPS) is 14.2. The van der Waals surface area contributed by atoms with Crippen LogP contribution in [0.15, 0.2) is 10.6 Å². The molecular formula is C8H13Br2F2O3P. The summed E-state index contributed by atoms with van der Waals surface area (Å²) in [6, 6.07) is 0. The molecule has 0 aromatic carbocycles. The van der Waals surface area contributed by atoms with Gasteiger partial charge in [-0.05, 0) is 13.8 Å². The van der Waals surface area contributed by atoms with Crippen molar-refractivity contribution in [2.45, 2.75) is 19.5 Å². The van der Waals surface area contributed by atoms with Gasteiger partial charge in [0.2, 0.25) is 0 Å². The van der Waals surface area contributed by atoms with Crippen LogP contribution in [0.3, 0.4) is 0 Å². The summed E-state index contributed by atoms with van der Waals surface area (Å²) in [5, 5.41) is 0.195. The summed E-state index contributed by atoms with van der Waals surface area (Å²) >= 11 is 5.90. The van der Waals surface area contributed by atoms with Gasteiger partial charge in [0.15, 0.2) is 0 Å². The summed E-state index contributed by atoms with van der Waals surface area (Å²) in [5.41, 5.74) is -3.65. The first kappa shape index (κ1) is 16.7. The highest BCUT2D eigenvalue weighted by Crippen LogP contribution is 2.62. The van der Waals surface area contributed by atoms with E-state index in [4.69, 9.17) is 0 Å². The van der Waals surface area contributed by atoms with Gasteiger partial charge in [-0.15, -0.1) is 0 Å². The lowest BCUT2D eigenvalue weighted by atomic mass is 10.5. The van der Waals surface area contributed by atoms with Crippen molar-refractivity contribution in [2.75, 3.05) is 18.5 Å². The van der Waals surface area contributed by atoms with Gasteiger partial charge in [0.05, 0.1) is 13.2 Å². The minimum absolute atomic E-state index is 0.105. The molecule has 0 heterocycles. The van der Waals surface area contributed by atoms with Crippen LogP contribution in [0.1, 0.15) is 13.8 Å². The summed E-state index contributed by atoms with van der Waals surface area (Å²) in [5.74, 6) is 0. The Morgan fingerprint density at radius 3 is 2.12 bits per heavy atom. The van der Waals surface area contributed by atoms with Crippen molar-refractivity contribution in [2.24, 2.45) is 0 Å². The standard InChI is InChI=1S/C8H13Br2F2O3P/c1-3-14-16(13,15-4-2)8(11,12)5-7(10)6-9/h5H,3-4,6H2,1-2H3/b7-5-. The van der Waals surface area contributed by atoms with Crippen molar-refractivity contribution in [1.29, 1.82) is 0 Å². The Hall–Kier alpha value is 0.710. The van der Waals surface area contributed by atoms with Gasteiger partial charge < -0.3 is 9.05 Å². The summed E-state index contributed by atoms with van der Waals surface area (Å²) in [6.45, 7) is 2.75. The van der Waals surface area contributed by atoms with Crippen LogP contribution >= 0.6 is 39.5 Å². The predicted molar refractivity (Wildman–Crippen MR) is 66.6 cm³/mol. The Morgan fingerprint density at radius 2 is 1.81 bits per heavy atom. The van der Waals surface area contributed by atoms with E-state index in [-0.39, 0.29) is 23.0 Å².